The number of carbonyl (C=O) groups excluding carboxylic acids is 2. The van der Waals surface area contributed by atoms with Gasteiger partial charge in [-0.3, -0.25) is 14.4 Å². The molecule has 2 aromatic heterocycles. The van der Waals surface area contributed by atoms with Gasteiger partial charge in [0.15, 0.2) is 11.5 Å². The zero-order valence-corrected chi connectivity index (χ0v) is 25.3. The van der Waals surface area contributed by atoms with Gasteiger partial charge in [0, 0.05) is 51.8 Å². The van der Waals surface area contributed by atoms with Crippen molar-refractivity contribution < 1.29 is 28.8 Å². The summed E-state index contributed by atoms with van der Waals surface area (Å²) in [4.78, 5) is 32.4. The van der Waals surface area contributed by atoms with E-state index < -0.39 is 18.9 Å². The molecule has 5 unspecified atom stereocenters. The molecule has 2 amide bonds. The van der Waals surface area contributed by atoms with Crippen LogP contribution in [-0.4, -0.2) is 51.1 Å². The van der Waals surface area contributed by atoms with Gasteiger partial charge in [0.05, 0.1) is 22.8 Å². The number of rotatable bonds is 5. The lowest BCUT2D eigenvalue weighted by atomic mass is 9.77. The molecular weight excluding hydrogens is 545 g/mol. The van der Waals surface area contributed by atoms with Crippen LogP contribution in [0.25, 0.3) is 33.0 Å². The molecule has 0 spiro atoms. The number of H-pyrrole nitrogens is 1. The lowest BCUT2D eigenvalue weighted by molar-refractivity contribution is -0.166. The number of carbonyl (C=O) groups is 2. The Labute approximate surface area is 250 Å². The molecule has 5 heterocycles. The Morgan fingerprint density at radius 1 is 0.953 bits per heavy atom. The molecule has 7 rings (SSSR count). The van der Waals surface area contributed by atoms with Crippen molar-refractivity contribution in [2.24, 2.45) is 17.8 Å². The number of benzene rings is 2. The van der Waals surface area contributed by atoms with E-state index in [2.05, 4.69) is 55.4 Å². The van der Waals surface area contributed by atoms with E-state index in [0.29, 0.717) is 34.5 Å². The first-order chi connectivity index (χ1) is 20.6. The summed E-state index contributed by atoms with van der Waals surface area (Å²) < 4.78 is 20.1. The number of aromatic amines is 1. The SMILES string of the molecule is CCC1OC(n2cc(C3=C(c4c[nH]c5cc6c(cc45)OCO6)C(=O)N(B(C)O)C3=O)c3cc(C)ccc32)C(C)C(C)C1C. The number of fused-ring (bicyclic) bond motifs is 3. The van der Waals surface area contributed by atoms with Gasteiger partial charge < -0.3 is 28.8 Å². The molecule has 0 radical (unpaired) electrons. The summed E-state index contributed by atoms with van der Waals surface area (Å²) in [5.41, 5.74) is 4.41. The summed E-state index contributed by atoms with van der Waals surface area (Å²) in [6, 6.07) is 9.83. The number of hydrogen-bond acceptors (Lipinski definition) is 6. The number of nitrogens with zero attached hydrogens (tertiary/aromatic N) is 2. The average Bonchev–Trinajstić information content (AvgIpc) is 3.74. The molecular formula is C33H36BN3O6. The minimum atomic E-state index is -1.30. The van der Waals surface area contributed by atoms with Crippen molar-refractivity contribution >= 4 is 51.8 Å². The molecule has 3 aliphatic rings. The first-order valence-corrected chi connectivity index (χ1v) is 15.1. The van der Waals surface area contributed by atoms with Crippen LogP contribution in [0.4, 0.5) is 0 Å². The molecule has 2 N–H and O–H groups in total. The number of nitrogens with one attached hydrogen (secondary N) is 1. The fourth-order valence-electron chi connectivity index (χ4n) is 7.17. The summed E-state index contributed by atoms with van der Waals surface area (Å²) in [6.07, 6.45) is 4.47. The van der Waals surface area contributed by atoms with Crippen LogP contribution in [0.2, 0.25) is 6.82 Å². The molecule has 222 valence electrons. The third kappa shape index (κ3) is 4.07. The molecule has 0 saturated carbocycles. The van der Waals surface area contributed by atoms with E-state index in [1.165, 1.54) is 6.82 Å². The monoisotopic (exact) mass is 581 g/mol. The zero-order chi connectivity index (χ0) is 30.3. The fraction of sp³-hybridized carbons (Fsp3) is 0.394. The third-order valence-electron chi connectivity index (χ3n) is 9.88. The lowest BCUT2D eigenvalue weighted by Gasteiger charge is -2.44. The van der Waals surface area contributed by atoms with Gasteiger partial charge in [0.2, 0.25) is 6.79 Å². The Kier molecular flexibility index (Phi) is 6.48. The highest BCUT2D eigenvalue weighted by molar-refractivity contribution is 6.65. The molecule has 1 saturated heterocycles. The Morgan fingerprint density at radius 2 is 1.65 bits per heavy atom. The van der Waals surface area contributed by atoms with Gasteiger partial charge in [0.25, 0.3) is 11.8 Å². The van der Waals surface area contributed by atoms with Crippen LogP contribution >= 0.6 is 0 Å². The second-order valence-corrected chi connectivity index (χ2v) is 12.3. The lowest BCUT2D eigenvalue weighted by Crippen LogP contribution is -2.42. The Hall–Kier alpha value is -4.02. The normalized spacial score (nSPS) is 25.6. The number of hydrogen-bond donors (Lipinski definition) is 2. The molecule has 1 fully saturated rings. The fourth-order valence-corrected chi connectivity index (χ4v) is 7.17. The van der Waals surface area contributed by atoms with Gasteiger partial charge in [-0.15, -0.1) is 0 Å². The van der Waals surface area contributed by atoms with Crippen LogP contribution in [0.5, 0.6) is 11.5 Å². The molecule has 9 nitrogen and oxygen atoms in total. The maximum atomic E-state index is 14.2. The topological polar surface area (TPSA) is 106 Å². The average molecular weight is 581 g/mol. The van der Waals surface area contributed by atoms with Crippen molar-refractivity contribution in [2.75, 3.05) is 6.79 Å². The van der Waals surface area contributed by atoms with Crippen molar-refractivity contribution in [3.63, 3.8) is 0 Å². The number of aromatic nitrogens is 2. The summed E-state index contributed by atoms with van der Waals surface area (Å²) in [7, 11) is -1.30. The van der Waals surface area contributed by atoms with E-state index in [-0.39, 0.29) is 36.2 Å². The summed E-state index contributed by atoms with van der Waals surface area (Å²) in [6.45, 7) is 12.5. The Morgan fingerprint density at radius 3 is 2.35 bits per heavy atom. The quantitative estimate of drug-likeness (QED) is 0.229. The van der Waals surface area contributed by atoms with Crippen LogP contribution in [0.3, 0.4) is 0 Å². The van der Waals surface area contributed by atoms with Gasteiger partial charge in [-0.25, -0.2) is 0 Å². The van der Waals surface area contributed by atoms with E-state index >= 15 is 0 Å². The van der Waals surface area contributed by atoms with E-state index in [1.54, 1.807) is 6.20 Å². The second kappa shape index (κ2) is 10.0. The third-order valence-corrected chi connectivity index (χ3v) is 9.88. The molecule has 5 atom stereocenters. The van der Waals surface area contributed by atoms with Crippen molar-refractivity contribution in [2.45, 2.75) is 60.2 Å². The number of aryl methyl sites for hydroxylation is 1. The minimum absolute atomic E-state index is 0.108. The largest absolute Gasteiger partial charge is 0.454 e. The van der Waals surface area contributed by atoms with Gasteiger partial charge in [-0.1, -0.05) is 39.3 Å². The maximum absolute atomic E-state index is 14.2. The van der Waals surface area contributed by atoms with Crippen molar-refractivity contribution in [3.8, 4) is 11.5 Å². The molecule has 0 bridgehead atoms. The molecule has 0 aliphatic carbocycles. The van der Waals surface area contributed by atoms with Crippen LogP contribution in [0.15, 0.2) is 42.7 Å². The van der Waals surface area contributed by atoms with Crippen molar-refractivity contribution in [1.82, 2.24) is 14.4 Å². The Bertz CT molecular complexity index is 1830. The van der Waals surface area contributed by atoms with Gasteiger partial charge in [0.1, 0.15) is 6.23 Å². The first-order valence-electron chi connectivity index (χ1n) is 15.1. The number of imide groups is 1. The predicted octanol–water partition coefficient (Wildman–Crippen LogP) is 5.77. The molecule has 10 heteroatoms. The van der Waals surface area contributed by atoms with Crippen molar-refractivity contribution in [3.05, 3.63) is 59.4 Å². The summed E-state index contributed by atoms with van der Waals surface area (Å²) >= 11 is 0. The van der Waals surface area contributed by atoms with Crippen molar-refractivity contribution in [1.29, 1.82) is 0 Å². The van der Waals surface area contributed by atoms with E-state index in [4.69, 9.17) is 14.2 Å². The maximum Gasteiger partial charge on any atom is 0.419 e. The minimum Gasteiger partial charge on any atom is -0.454 e. The first kappa shape index (κ1) is 27.8. The number of ether oxygens (including phenoxy) is 3. The molecule has 43 heavy (non-hydrogen) atoms. The molecule has 3 aliphatic heterocycles. The second-order valence-electron chi connectivity index (χ2n) is 12.3. The van der Waals surface area contributed by atoms with Crippen LogP contribution < -0.4 is 9.47 Å². The van der Waals surface area contributed by atoms with Crippen LogP contribution in [-0.2, 0) is 14.3 Å². The van der Waals surface area contributed by atoms with Crippen LogP contribution in [0, 0.1) is 24.7 Å². The van der Waals surface area contributed by atoms with Gasteiger partial charge in [-0.2, -0.15) is 0 Å². The highest BCUT2D eigenvalue weighted by Gasteiger charge is 2.45. The summed E-state index contributed by atoms with van der Waals surface area (Å²) in [5.74, 6) is 1.16. The molecule has 2 aromatic carbocycles. The van der Waals surface area contributed by atoms with Crippen LogP contribution in [0.1, 0.15) is 57.0 Å². The Balaban J connectivity index is 1.48. The summed E-state index contributed by atoms with van der Waals surface area (Å²) in [5, 5.41) is 12.2. The zero-order valence-electron chi connectivity index (χ0n) is 25.3. The highest BCUT2D eigenvalue weighted by atomic mass is 16.7. The van der Waals surface area contributed by atoms with E-state index in [9.17, 15) is 14.6 Å². The number of amides is 2. The highest BCUT2D eigenvalue weighted by Crippen LogP contribution is 2.47. The van der Waals surface area contributed by atoms with E-state index in [0.717, 1.165) is 38.6 Å². The van der Waals surface area contributed by atoms with E-state index in [1.807, 2.05) is 25.3 Å². The standard InChI is InChI=1S/C33H36BN3O6/c1-7-26-18(4)17(3)19(5)33(43-26)36-14-23(21-10-16(2)8-9-25(21)36)30-29(31(38)37(32(30)39)34(6)40)22-13-35-24-12-28-27(11-20(22)24)41-15-42-28/h8-14,17-19,26,33,35,40H,7,15H2,1-6H3. The predicted molar refractivity (Wildman–Crippen MR) is 165 cm³/mol. The smallest absolute Gasteiger partial charge is 0.419 e. The molecule has 4 aromatic rings. The van der Waals surface area contributed by atoms with Gasteiger partial charge in [-0.05, 0) is 50.2 Å². The van der Waals surface area contributed by atoms with Gasteiger partial charge >= 0.3 is 7.05 Å².